The van der Waals surface area contributed by atoms with Crippen molar-refractivity contribution in [3.05, 3.63) is 0 Å². The molecule has 0 aromatic rings. The Labute approximate surface area is 147 Å². The van der Waals surface area contributed by atoms with E-state index in [1.807, 2.05) is 13.8 Å². The Kier molecular flexibility index (Phi) is 11.1. The van der Waals surface area contributed by atoms with Crippen LogP contribution in [-0.2, 0) is 13.3 Å². The van der Waals surface area contributed by atoms with E-state index in [9.17, 15) is 0 Å². The molecule has 0 aliphatic heterocycles. The van der Waals surface area contributed by atoms with Gasteiger partial charge in [0.15, 0.2) is 0 Å². The van der Waals surface area contributed by atoms with E-state index >= 15 is 0 Å². The van der Waals surface area contributed by atoms with E-state index < -0.39 is 17.6 Å². The van der Waals surface area contributed by atoms with Crippen molar-refractivity contribution >= 4 is 17.6 Å². The van der Waals surface area contributed by atoms with Crippen LogP contribution in [0.15, 0.2) is 0 Å². The molecule has 0 heterocycles. The van der Waals surface area contributed by atoms with Gasteiger partial charge in [-0.15, -0.1) is 0 Å². The average molecular weight is 364 g/mol. The van der Waals surface area contributed by atoms with Crippen molar-refractivity contribution in [3.8, 4) is 0 Å². The molecule has 0 amide bonds. The minimum atomic E-state index is -2.52. The molecule has 0 N–H and O–H groups in total. The molecule has 0 spiro atoms. The quantitative estimate of drug-likeness (QED) is 0.388. The third-order valence-corrected chi connectivity index (χ3v) is 9.84. The smallest absolute Gasteiger partial charge is 0.374 e. The first kappa shape index (κ1) is 23.3. The molecule has 0 saturated heterocycles. The molecule has 4 nitrogen and oxygen atoms in total. The summed E-state index contributed by atoms with van der Waals surface area (Å²) in [5, 5.41) is 0. The Morgan fingerprint density at radius 1 is 1.04 bits per heavy atom. The lowest BCUT2D eigenvalue weighted by Crippen LogP contribution is -2.50. The number of hydrogen-bond donors (Lipinski definition) is 0. The van der Waals surface area contributed by atoms with Crippen molar-refractivity contribution in [1.29, 1.82) is 0 Å². The lowest BCUT2D eigenvalue weighted by Gasteiger charge is -2.34. The summed E-state index contributed by atoms with van der Waals surface area (Å²) in [4.78, 5) is 2.40. The Balaban J connectivity index is 4.62. The first-order chi connectivity index (χ1) is 10.6. The second kappa shape index (κ2) is 11.0. The fraction of sp³-hybridized carbons (Fsp3) is 1.00. The van der Waals surface area contributed by atoms with Crippen molar-refractivity contribution < 1.29 is 13.3 Å². The molecular weight excluding hydrogens is 322 g/mol. The van der Waals surface area contributed by atoms with Crippen LogP contribution in [0.4, 0.5) is 0 Å². The van der Waals surface area contributed by atoms with Gasteiger partial charge in [-0.1, -0.05) is 13.1 Å². The third kappa shape index (κ3) is 9.36. The lowest BCUT2D eigenvalue weighted by molar-refractivity contribution is 0.0580. The summed E-state index contributed by atoms with van der Waals surface area (Å²) in [5.41, 5.74) is 0.528. The van der Waals surface area contributed by atoms with Crippen molar-refractivity contribution in [2.45, 2.75) is 84.8 Å². The number of rotatable bonds is 12. The molecule has 0 aromatic carbocycles. The molecule has 0 aromatic heterocycles. The van der Waals surface area contributed by atoms with Gasteiger partial charge in [-0.25, -0.2) is 0 Å². The molecule has 0 rings (SSSR count). The highest BCUT2D eigenvalue weighted by Crippen LogP contribution is 2.22. The van der Waals surface area contributed by atoms with Crippen LogP contribution in [0.3, 0.4) is 0 Å². The lowest BCUT2D eigenvalue weighted by atomic mass is 10.1. The molecule has 0 aliphatic carbocycles. The molecule has 1 atom stereocenters. The Bertz CT molecular complexity index is 303. The van der Waals surface area contributed by atoms with Crippen LogP contribution in [0, 0.1) is 0 Å². The normalized spacial score (nSPS) is 14.7. The van der Waals surface area contributed by atoms with Crippen LogP contribution in [0.2, 0.25) is 19.1 Å². The van der Waals surface area contributed by atoms with Crippen LogP contribution in [0.1, 0.15) is 54.4 Å². The first-order valence-electron chi connectivity index (χ1n) is 9.25. The molecule has 0 fully saturated rings. The van der Waals surface area contributed by atoms with Gasteiger partial charge in [-0.05, 0) is 68.0 Å². The zero-order chi connectivity index (χ0) is 18.1. The van der Waals surface area contributed by atoms with Gasteiger partial charge in [0.1, 0.15) is 0 Å². The third-order valence-electron chi connectivity index (χ3n) is 4.40. The molecule has 0 aliphatic rings. The van der Waals surface area contributed by atoms with E-state index in [1.165, 1.54) is 0 Å². The standard InChI is InChI=1S/C17H41NO3Si2/c1-10-19-23(20-11-2,21-16(3)22(8)9)15-13-12-14-18(7)17(4,5)6/h16,22H,10-15H2,1-9H3. The maximum Gasteiger partial charge on any atom is 0.500 e. The number of unbranched alkanes of at least 4 members (excludes halogenated alkanes) is 1. The fourth-order valence-electron chi connectivity index (χ4n) is 2.20. The van der Waals surface area contributed by atoms with E-state index in [-0.39, 0.29) is 5.54 Å². The summed E-state index contributed by atoms with van der Waals surface area (Å²) >= 11 is 0. The van der Waals surface area contributed by atoms with Crippen molar-refractivity contribution in [1.82, 2.24) is 4.90 Å². The van der Waals surface area contributed by atoms with E-state index in [0.29, 0.717) is 18.9 Å². The SMILES string of the molecule is CCO[Si](CCCCN(C)C(C)(C)C)(OCC)OC(C)[SiH](C)C. The maximum atomic E-state index is 6.40. The molecular formula is C17H41NO3Si2. The van der Waals surface area contributed by atoms with E-state index in [1.54, 1.807) is 0 Å². The predicted molar refractivity (Wildman–Crippen MR) is 105 cm³/mol. The largest absolute Gasteiger partial charge is 0.500 e. The Morgan fingerprint density at radius 3 is 1.96 bits per heavy atom. The molecule has 0 bridgehead atoms. The molecule has 0 saturated carbocycles. The van der Waals surface area contributed by atoms with Gasteiger partial charge in [0.25, 0.3) is 0 Å². The van der Waals surface area contributed by atoms with Crippen molar-refractivity contribution in [2.75, 3.05) is 26.8 Å². The minimum absolute atomic E-state index is 0.225. The average Bonchev–Trinajstić information content (AvgIpc) is 2.42. The van der Waals surface area contributed by atoms with Crippen LogP contribution < -0.4 is 0 Å². The zero-order valence-corrected chi connectivity index (χ0v) is 19.2. The number of nitrogens with zero attached hydrogens (tertiary/aromatic N) is 1. The van der Waals surface area contributed by atoms with Crippen LogP contribution in [-0.4, -0.2) is 60.6 Å². The Morgan fingerprint density at radius 2 is 1.57 bits per heavy atom. The van der Waals surface area contributed by atoms with Gasteiger partial charge in [0.05, 0.1) is 8.80 Å². The van der Waals surface area contributed by atoms with Gasteiger partial charge in [0.2, 0.25) is 0 Å². The fourth-order valence-corrected chi connectivity index (χ4v) is 6.66. The maximum absolute atomic E-state index is 6.40. The zero-order valence-electron chi connectivity index (χ0n) is 17.1. The second-order valence-electron chi connectivity index (χ2n) is 7.67. The molecule has 0 radical (unpaired) electrons. The van der Waals surface area contributed by atoms with Crippen LogP contribution in [0.5, 0.6) is 0 Å². The molecule has 140 valence electrons. The van der Waals surface area contributed by atoms with Gasteiger partial charge >= 0.3 is 8.80 Å². The second-order valence-corrected chi connectivity index (χ2v) is 13.8. The van der Waals surface area contributed by atoms with Gasteiger partial charge < -0.3 is 18.2 Å². The van der Waals surface area contributed by atoms with Crippen molar-refractivity contribution in [3.63, 3.8) is 0 Å². The first-order valence-corrected chi connectivity index (χ1v) is 14.2. The predicted octanol–water partition coefficient (Wildman–Crippen LogP) is 3.94. The highest BCUT2D eigenvalue weighted by molar-refractivity contribution is 6.63. The summed E-state index contributed by atoms with van der Waals surface area (Å²) < 4.78 is 18.5. The molecule has 23 heavy (non-hydrogen) atoms. The van der Waals surface area contributed by atoms with E-state index in [4.69, 9.17) is 13.3 Å². The summed E-state index contributed by atoms with van der Waals surface area (Å²) in [7, 11) is -1.18. The van der Waals surface area contributed by atoms with Crippen molar-refractivity contribution in [2.24, 2.45) is 0 Å². The molecule has 1 unspecified atom stereocenters. The number of hydrogen-bond acceptors (Lipinski definition) is 4. The highest BCUT2D eigenvalue weighted by Gasteiger charge is 2.42. The summed E-state index contributed by atoms with van der Waals surface area (Å²) in [6.45, 7) is 20.1. The minimum Gasteiger partial charge on any atom is -0.374 e. The van der Waals surface area contributed by atoms with Crippen LogP contribution in [0.25, 0.3) is 0 Å². The summed E-state index contributed by atoms with van der Waals surface area (Å²) in [5.74, 6) is 0. The molecule has 6 heteroatoms. The van der Waals surface area contributed by atoms with Gasteiger partial charge in [0, 0.05) is 30.5 Å². The van der Waals surface area contributed by atoms with Gasteiger partial charge in [-0.2, -0.15) is 0 Å². The van der Waals surface area contributed by atoms with Gasteiger partial charge in [-0.3, -0.25) is 0 Å². The van der Waals surface area contributed by atoms with E-state index in [2.05, 4.69) is 52.7 Å². The summed E-state index contributed by atoms with van der Waals surface area (Å²) in [6.07, 6.45) is 2.25. The van der Waals surface area contributed by atoms with E-state index in [0.717, 1.165) is 25.4 Å². The van der Waals surface area contributed by atoms with Crippen LogP contribution >= 0.6 is 0 Å². The Hall–Kier alpha value is 0.274. The highest BCUT2D eigenvalue weighted by atomic mass is 28.4. The topological polar surface area (TPSA) is 30.9 Å². The monoisotopic (exact) mass is 363 g/mol. The summed E-state index contributed by atoms with van der Waals surface area (Å²) in [6, 6.07) is 0.929.